The highest BCUT2D eigenvalue weighted by Gasteiger charge is 2.08. The highest BCUT2D eigenvalue weighted by Crippen LogP contribution is 2.28. The molecule has 0 bridgehead atoms. The highest BCUT2D eigenvalue weighted by molar-refractivity contribution is 6.31. The number of carbonyl (C=O) groups is 1. The first-order chi connectivity index (χ1) is 8.17. The number of nitrogens with one attached hydrogen (secondary N) is 1. The van der Waals surface area contributed by atoms with Gasteiger partial charge in [0.2, 0.25) is 5.91 Å². The fraction of sp³-hybridized carbons (Fsp3) is 0.417. The van der Waals surface area contributed by atoms with Crippen LogP contribution in [0.25, 0.3) is 0 Å². The van der Waals surface area contributed by atoms with Crippen LogP contribution in [-0.4, -0.2) is 19.1 Å². The second-order valence-corrected chi connectivity index (χ2v) is 4.01. The standard InChI is InChI=1S/C12H17ClN2O2/c1-2-7-17-11-4-3-9(13)8-10(11)15-12(16)5-6-14/h3-4,8H,2,5-7,14H2,1H3,(H,15,16). The van der Waals surface area contributed by atoms with Gasteiger partial charge in [-0.3, -0.25) is 4.79 Å². The number of anilines is 1. The van der Waals surface area contributed by atoms with Crippen LogP contribution in [0.4, 0.5) is 5.69 Å². The maximum atomic E-state index is 11.5. The topological polar surface area (TPSA) is 64.3 Å². The molecule has 0 unspecified atom stereocenters. The van der Waals surface area contributed by atoms with E-state index >= 15 is 0 Å². The molecule has 0 aromatic heterocycles. The largest absolute Gasteiger partial charge is 0.491 e. The van der Waals surface area contributed by atoms with Gasteiger partial charge in [-0.15, -0.1) is 0 Å². The molecule has 17 heavy (non-hydrogen) atoms. The molecule has 5 heteroatoms. The van der Waals surface area contributed by atoms with Gasteiger partial charge in [0.25, 0.3) is 0 Å². The molecule has 0 spiro atoms. The van der Waals surface area contributed by atoms with Crippen LogP contribution >= 0.6 is 11.6 Å². The van der Waals surface area contributed by atoms with E-state index < -0.39 is 0 Å². The maximum absolute atomic E-state index is 11.5. The first kappa shape index (κ1) is 13.8. The Balaban J connectivity index is 2.79. The van der Waals surface area contributed by atoms with E-state index in [4.69, 9.17) is 22.1 Å². The monoisotopic (exact) mass is 256 g/mol. The number of amides is 1. The van der Waals surface area contributed by atoms with Gasteiger partial charge in [0.05, 0.1) is 12.3 Å². The molecule has 1 amide bonds. The van der Waals surface area contributed by atoms with Gasteiger partial charge in [-0.2, -0.15) is 0 Å². The normalized spacial score (nSPS) is 10.1. The minimum Gasteiger partial charge on any atom is -0.491 e. The van der Waals surface area contributed by atoms with E-state index in [0.29, 0.717) is 29.6 Å². The summed E-state index contributed by atoms with van der Waals surface area (Å²) in [6.45, 7) is 2.93. The van der Waals surface area contributed by atoms with Gasteiger partial charge in [0.15, 0.2) is 0 Å². The zero-order chi connectivity index (χ0) is 12.7. The average molecular weight is 257 g/mol. The predicted octanol–water partition coefficient (Wildman–Crippen LogP) is 2.42. The third-order valence-electron chi connectivity index (χ3n) is 2.05. The van der Waals surface area contributed by atoms with E-state index in [9.17, 15) is 4.79 Å². The average Bonchev–Trinajstić information content (AvgIpc) is 2.28. The van der Waals surface area contributed by atoms with Crippen molar-refractivity contribution in [2.75, 3.05) is 18.5 Å². The summed E-state index contributed by atoms with van der Waals surface area (Å²) < 4.78 is 5.52. The predicted molar refractivity (Wildman–Crippen MR) is 69.5 cm³/mol. The van der Waals surface area contributed by atoms with Crippen molar-refractivity contribution in [1.82, 2.24) is 0 Å². The molecular weight excluding hydrogens is 240 g/mol. The fourth-order valence-corrected chi connectivity index (χ4v) is 1.45. The molecule has 0 atom stereocenters. The Hall–Kier alpha value is -1.26. The fourth-order valence-electron chi connectivity index (χ4n) is 1.28. The van der Waals surface area contributed by atoms with Gasteiger partial charge in [0, 0.05) is 18.0 Å². The summed E-state index contributed by atoms with van der Waals surface area (Å²) in [5.41, 5.74) is 5.90. The molecule has 3 N–H and O–H groups in total. The van der Waals surface area contributed by atoms with Crippen LogP contribution < -0.4 is 15.8 Å². The number of rotatable bonds is 6. The molecule has 0 aliphatic rings. The van der Waals surface area contributed by atoms with Crippen molar-refractivity contribution in [2.45, 2.75) is 19.8 Å². The first-order valence-electron chi connectivity index (χ1n) is 5.59. The van der Waals surface area contributed by atoms with Crippen molar-refractivity contribution in [1.29, 1.82) is 0 Å². The van der Waals surface area contributed by atoms with Gasteiger partial charge >= 0.3 is 0 Å². The Labute approximate surface area is 106 Å². The molecule has 0 saturated carbocycles. The van der Waals surface area contributed by atoms with Crippen LogP contribution in [0.15, 0.2) is 18.2 Å². The number of carbonyl (C=O) groups excluding carboxylic acids is 1. The molecule has 1 rings (SSSR count). The first-order valence-corrected chi connectivity index (χ1v) is 5.97. The number of hydrogen-bond acceptors (Lipinski definition) is 3. The van der Waals surface area contributed by atoms with Crippen molar-refractivity contribution < 1.29 is 9.53 Å². The summed E-state index contributed by atoms with van der Waals surface area (Å²) in [6, 6.07) is 5.14. The maximum Gasteiger partial charge on any atom is 0.225 e. The molecule has 0 saturated heterocycles. The van der Waals surface area contributed by atoms with Gasteiger partial charge in [-0.25, -0.2) is 0 Å². The smallest absolute Gasteiger partial charge is 0.225 e. The molecule has 0 aliphatic heterocycles. The van der Waals surface area contributed by atoms with Crippen molar-refractivity contribution in [3.05, 3.63) is 23.2 Å². The molecule has 4 nitrogen and oxygen atoms in total. The number of ether oxygens (including phenoxy) is 1. The van der Waals surface area contributed by atoms with Crippen LogP contribution in [0.5, 0.6) is 5.75 Å². The summed E-state index contributed by atoms with van der Waals surface area (Å²) in [5.74, 6) is 0.484. The van der Waals surface area contributed by atoms with Crippen molar-refractivity contribution in [3.63, 3.8) is 0 Å². The zero-order valence-electron chi connectivity index (χ0n) is 9.83. The van der Waals surface area contributed by atoms with E-state index in [0.717, 1.165) is 6.42 Å². The summed E-state index contributed by atoms with van der Waals surface area (Å²) in [5, 5.41) is 3.29. The molecule has 94 valence electrons. The van der Waals surface area contributed by atoms with Gasteiger partial charge in [-0.1, -0.05) is 18.5 Å². The lowest BCUT2D eigenvalue weighted by Gasteiger charge is -2.12. The van der Waals surface area contributed by atoms with Crippen LogP contribution in [0.2, 0.25) is 5.02 Å². The number of halogens is 1. The molecule has 0 heterocycles. The van der Waals surface area contributed by atoms with Crippen molar-refractivity contribution in [2.24, 2.45) is 5.73 Å². The summed E-state index contributed by atoms with van der Waals surface area (Å²) in [6.07, 6.45) is 1.18. The van der Waals surface area contributed by atoms with Crippen LogP contribution in [-0.2, 0) is 4.79 Å². The SMILES string of the molecule is CCCOc1ccc(Cl)cc1NC(=O)CCN. The second kappa shape index (κ2) is 7.14. The van der Waals surface area contributed by atoms with Crippen LogP contribution in [0.3, 0.4) is 0 Å². The van der Waals surface area contributed by atoms with Crippen molar-refractivity contribution in [3.8, 4) is 5.75 Å². The highest BCUT2D eigenvalue weighted by atomic mass is 35.5. The number of benzene rings is 1. The minimum absolute atomic E-state index is 0.142. The van der Waals surface area contributed by atoms with Crippen LogP contribution in [0.1, 0.15) is 19.8 Å². The Kier molecular flexibility index (Phi) is 5.80. The Morgan fingerprint density at radius 3 is 2.94 bits per heavy atom. The van der Waals surface area contributed by atoms with Gasteiger partial charge in [0.1, 0.15) is 5.75 Å². The molecule has 1 aromatic carbocycles. The van der Waals surface area contributed by atoms with E-state index in [-0.39, 0.29) is 12.3 Å². The van der Waals surface area contributed by atoms with Crippen molar-refractivity contribution >= 4 is 23.2 Å². The minimum atomic E-state index is -0.142. The van der Waals surface area contributed by atoms with E-state index in [1.54, 1.807) is 18.2 Å². The van der Waals surface area contributed by atoms with Crippen LogP contribution in [0, 0.1) is 0 Å². The van der Waals surface area contributed by atoms with Gasteiger partial charge < -0.3 is 15.8 Å². The third-order valence-corrected chi connectivity index (χ3v) is 2.28. The molecule has 1 aromatic rings. The zero-order valence-corrected chi connectivity index (χ0v) is 10.6. The summed E-state index contributed by atoms with van der Waals surface area (Å²) in [4.78, 5) is 11.5. The lowest BCUT2D eigenvalue weighted by molar-refractivity contribution is -0.116. The van der Waals surface area contributed by atoms with E-state index in [1.807, 2.05) is 6.92 Å². The summed E-state index contributed by atoms with van der Waals surface area (Å²) in [7, 11) is 0. The lowest BCUT2D eigenvalue weighted by atomic mass is 10.2. The lowest BCUT2D eigenvalue weighted by Crippen LogP contribution is -2.16. The quantitative estimate of drug-likeness (QED) is 0.822. The number of hydrogen-bond donors (Lipinski definition) is 2. The Morgan fingerprint density at radius 2 is 2.29 bits per heavy atom. The van der Waals surface area contributed by atoms with E-state index in [1.165, 1.54) is 0 Å². The summed E-state index contributed by atoms with van der Waals surface area (Å²) >= 11 is 5.88. The molecule has 0 aliphatic carbocycles. The van der Waals surface area contributed by atoms with E-state index in [2.05, 4.69) is 5.32 Å². The Morgan fingerprint density at radius 1 is 1.53 bits per heavy atom. The second-order valence-electron chi connectivity index (χ2n) is 3.58. The molecular formula is C12H17ClN2O2. The molecule has 0 fully saturated rings. The Bertz CT molecular complexity index is 383. The number of nitrogens with two attached hydrogens (primary N) is 1. The van der Waals surface area contributed by atoms with Gasteiger partial charge in [-0.05, 0) is 24.6 Å². The third kappa shape index (κ3) is 4.63. The molecule has 0 radical (unpaired) electrons.